The molecule has 1 N–H and O–H groups in total. The zero-order chi connectivity index (χ0) is 28.8. The molecule has 2 aromatic rings. The molecule has 4 atom stereocenters. The molecular formula is C33H44FN3O4. The number of carboxylic acid groups (broad SMARTS) is 1. The Morgan fingerprint density at radius 3 is 2.41 bits per heavy atom. The van der Waals surface area contributed by atoms with Gasteiger partial charge in [0.25, 0.3) is 0 Å². The maximum atomic E-state index is 13.2. The van der Waals surface area contributed by atoms with Gasteiger partial charge in [0.05, 0.1) is 0 Å². The highest BCUT2D eigenvalue weighted by molar-refractivity contribution is 5.73. The number of hydrogen-bond acceptors (Lipinski definition) is 5. The third-order valence-electron chi connectivity index (χ3n) is 9.41. The van der Waals surface area contributed by atoms with Crippen molar-refractivity contribution in [3.05, 3.63) is 71.5 Å². The molecule has 1 saturated carbocycles. The third kappa shape index (κ3) is 7.28. The Bertz CT molecular complexity index is 1140. The normalized spacial score (nSPS) is 25.8. The molecule has 222 valence electrons. The van der Waals surface area contributed by atoms with Crippen molar-refractivity contribution in [3.63, 3.8) is 0 Å². The van der Waals surface area contributed by atoms with Crippen LogP contribution in [0.3, 0.4) is 0 Å². The summed E-state index contributed by atoms with van der Waals surface area (Å²) in [5.41, 5.74) is 2.14. The molecule has 0 aromatic heterocycles. The number of nitrogens with zero attached hydrogens (tertiary/aromatic N) is 3. The van der Waals surface area contributed by atoms with E-state index < -0.39 is 5.97 Å². The van der Waals surface area contributed by atoms with Crippen LogP contribution in [0.15, 0.2) is 54.6 Å². The summed E-state index contributed by atoms with van der Waals surface area (Å²) in [6, 6.07) is 16.9. The van der Waals surface area contributed by atoms with E-state index in [-0.39, 0.29) is 30.6 Å². The van der Waals surface area contributed by atoms with E-state index in [1.54, 1.807) is 12.1 Å². The van der Waals surface area contributed by atoms with Crippen molar-refractivity contribution < 1.29 is 23.8 Å². The summed E-state index contributed by atoms with van der Waals surface area (Å²) >= 11 is 0. The van der Waals surface area contributed by atoms with Gasteiger partial charge >= 0.3 is 12.1 Å². The lowest BCUT2D eigenvalue weighted by Crippen LogP contribution is -2.48. The SMILES string of the molecule is CCCN(C(=O)OCc1ccc(F)cc1)C1CCN(CC2CC(N3CCC[C@@H]3C(=O)O)CC2c2ccccc2)CC1. The number of halogens is 1. The Hall–Kier alpha value is -2.97. The number of carbonyl (C=O) groups is 2. The summed E-state index contributed by atoms with van der Waals surface area (Å²) in [7, 11) is 0. The number of hydrogen-bond donors (Lipinski definition) is 1. The number of rotatable bonds is 10. The van der Waals surface area contributed by atoms with Gasteiger partial charge in [-0.2, -0.15) is 0 Å². The molecule has 8 heteroatoms. The minimum absolute atomic E-state index is 0.141. The molecule has 1 amide bonds. The summed E-state index contributed by atoms with van der Waals surface area (Å²) < 4.78 is 18.8. The summed E-state index contributed by atoms with van der Waals surface area (Å²) in [6.45, 7) is 6.61. The van der Waals surface area contributed by atoms with Crippen LogP contribution in [0, 0.1) is 11.7 Å². The number of amides is 1. The number of benzene rings is 2. The smallest absolute Gasteiger partial charge is 0.410 e. The third-order valence-corrected chi connectivity index (χ3v) is 9.41. The highest BCUT2D eigenvalue weighted by Crippen LogP contribution is 2.44. The van der Waals surface area contributed by atoms with Crippen LogP contribution in [0.1, 0.15) is 68.9 Å². The second-order valence-corrected chi connectivity index (χ2v) is 12.0. The zero-order valence-electron chi connectivity index (χ0n) is 24.2. The van der Waals surface area contributed by atoms with Gasteiger partial charge in [0.1, 0.15) is 18.5 Å². The molecule has 41 heavy (non-hydrogen) atoms. The van der Waals surface area contributed by atoms with Gasteiger partial charge in [-0.3, -0.25) is 9.69 Å². The predicted molar refractivity (Wildman–Crippen MR) is 156 cm³/mol. The fraction of sp³-hybridized carbons (Fsp3) is 0.576. The van der Waals surface area contributed by atoms with Crippen molar-refractivity contribution in [1.82, 2.24) is 14.7 Å². The largest absolute Gasteiger partial charge is 0.480 e. The number of carbonyl (C=O) groups excluding carboxylic acids is 1. The zero-order valence-corrected chi connectivity index (χ0v) is 24.2. The van der Waals surface area contributed by atoms with E-state index in [1.807, 2.05) is 4.90 Å². The molecule has 2 aliphatic heterocycles. The first kappa shape index (κ1) is 29.5. The molecule has 3 aliphatic rings. The molecule has 1 aliphatic carbocycles. The molecular weight excluding hydrogens is 521 g/mol. The van der Waals surface area contributed by atoms with Crippen LogP contribution in [0.2, 0.25) is 0 Å². The molecule has 2 saturated heterocycles. The monoisotopic (exact) mass is 565 g/mol. The molecule has 3 fully saturated rings. The Balaban J connectivity index is 1.18. The summed E-state index contributed by atoms with van der Waals surface area (Å²) in [5, 5.41) is 9.80. The van der Waals surface area contributed by atoms with Crippen molar-refractivity contribution in [1.29, 1.82) is 0 Å². The van der Waals surface area contributed by atoms with Crippen molar-refractivity contribution in [2.75, 3.05) is 32.7 Å². The van der Waals surface area contributed by atoms with Crippen LogP contribution in [0.25, 0.3) is 0 Å². The number of ether oxygens (including phenoxy) is 1. The summed E-state index contributed by atoms with van der Waals surface area (Å²) in [6.07, 6.45) is 6.14. The van der Waals surface area contributed by atoms with Crippen LogP contribution in [0.5, 0.6) is 0 Å². The van der Waals surface area contributed by atoms with E-state index in [4.69, 9.17) is 4.74 Å². The second kappa shape index (κ2) is 13.8. The molecule has 2 heterocycles. The fourth-order valence-electron chi connectivity index (χ4n) is 7.39. The maximum absolute atomic E-state index is 13.2. The Kier molecular flexibility index (Phi) is 9.93. The van der Waals surface area contributed by atoms with E-state index >= 15 is 0 Å². The molecule has 2 aromatic carbocycles. The molecule has 5 rings (SSSR count). The minimum Gasteiger partial charge on any atom is -0.480 e. The van der Waals surface area contributed by atoms with E-state index in [2.05, 4.69) is 47.1 Å². The first-order chi connectivity index (χ1) is 19.9. The summed E-state index contributed by atoms with van der Waals surface area (Å²) in [4.78, 5) is 31.7. The van der Waals surface area contributed by atoms with Gasteiger partial charge in [0, 0.05) is 38.3 Å². The highest BCUT2D eigenvalue weighted by Gasteiger charge is 2.44. The van der Waals surface area contributed by atoms with Crippen LogP contribution in [0.4, 0.5) is 9.18 Å². The van der Waals surface area contributed by atoms with Crippen molar-refractivity contribution in [2.24, 2.45) is 5.92 Å². The van der Waals surface area contributed by atoms with E-state index in [0.717, 1.165) is 76.7 Å². The quantitative estimate of drug-likeness (QED) is 0.396. The van der Waals surface area contributed by atoms with Gasteiger partial charge in [-0.15, -0.1) is 0 Å². The molecule has 0 radical (unpaired) electrons. The molecule has 0 spiro atoms. The maximum Gasteiger partial charge on any atom is 0.410 e. The minimum atomic E-state index is -0.683. The van der Waals surface area contributed by atoms with Crippen molar-refractivity contribution in [2.45, 2.75) is 82.5 Å². The van der Waals surface area contributed by atoms with Gasteiger partial charge in [0.15, 0.2) is 0 Å². The predicted octanol–water partition coefficient (Wildman–Crippen LogP) is 5.75. The fourth-order valence-corrected chi connectivity index (χ4v) is 7.39. The highest BCUT2D eigenvalue weighted by atomic mass is 19.1. The second-order valence-electron chi connectivity index (χ2n) is 12.0. The molecule has 3 unspecified atom stereocenters. The lowest BCUT2D eigenvalue weighted by molar-refractivity contribution is -0.142. The first-order valence-corrected chi connectivity index (χ1v) is 15.4. The Labute approximate surface area is 243 Å². The van der Waals surface area contributed by atoms with Gasteiger partial charge < -0.3 is 19.6 Å². The molecule has 0 bridgehead atoms. The van der Waals surface area contributed by atoms with Gasteiger partial charge in [-0.1, -0.05) is 49.4 Å². The van der Waals surface area contributed by atoms with E-state index in [9.17, 15) is 19.1 Å². The average Bonchev–Trinajstić information content (AvgIpc) is 3.64. The topological polar surface area (TPSA) is 73.3 Å². The lowest BCUT2D eigenvalue weighted by Gasteiger charge is -2.39. The van der Waals surface area contributed by atoms with Crippen LogP contribution < -0.4 is 0 Å². The van der Waals surface area contributed by atoms with Crippen LogP contribution >= 0.6 is 0 Å². The van der Waals surface area contributed by atoms with Gasteiger partial charge in [-0.25, -0.2) is 9.18 Å². The van der Waals surface area contributed by atoms with Gasteiger partial charge in [-0.05, 0) is 86.6 Å². The number of carboxylic acids is 1. The van der Waals surface area contributed by atoms with Crippen LogP contribution in [-0.2, 0) is 16.1 Å². The van der Waals surface area contributed by atoms with Gasteiger partial charge in [0.2, 0.25) is 0 Å². The van der Waals surface area contributed by atoms with E-state index in [0.29, 0.717) is 24.4 Å². The Morgan fingerprint density at radius 2 is 1.73 bits per heavy atom. The lowest BCUT2D eigenvalue weighted by atomic mass is 9.88. The van der Waals surface area contributed by atoms with Crippen LogP contribution in [-0.4, -0.2) is 82.7 Å². The average molecular weight is 566 g/mol. The molecule has 7 nitrogen and oxygen atoms in total. The van der Waals surface area contributed by atoms with Crippen molar-refractivity contribution in [3.8, 4) is 0 Å². The number of aliphatic carboxylic acids is 1. The van der Waals surface area contributed by atoms with E-state index in [1.165, 1.54) is 17.7 Å². The first-order valence-electron chi connectivity index (χ1n) is 15.4. The van der Waals surface area contributed by atoms with Crippen molar-refractivity contribution >= 4 is 12.1 Å². The Morgan fingerprint density at radius 1 is 1.00 bits per heavy atom. The number of piperidine rings is 1. The standard InChI is InChI=1S/C33H44FN3O4/c1-2-16-37(33(40)41-23-24-10-12-27(34)13-11-24)28-14-18-35(19-15-28)22-26-20-29(36-17-6-9-31(36)32(38)39)21-30(26)25-7-4-3-5-8-25/h3-5,7-8,10-13,26,28-31H,2,6,9,14-23H2,1H3,(H,38,39)/t26?,29?,30?,31-/m1/s1. The summed E-state index contributed by atoms with van der Waals surface area (Å²) in [5.74, 6) is -0.0892. The number of likely N-dealkylation sites (tertiary alicyclic amines) is 2.